The summed E-state index contributed by atoms with van der Waals surface area (Å²) in [5.41, 5.74) is 0. The van der Waals surface area contributed by atoms with E-state index in [9.17, 15) is 0 Å². The van der Waals surface area contributed by atoms with Gasteiger partial charge < -0.3 is 41.6 Å². The third-order valence-corrected chi connectivity index (χ3v) is 25.8. The van der Waals surface area contributed by atoms with Crippen LogP contribution in [0.3, 0.4) is 0 Å². The van der Waals surface area contributed by atoms with Gasteiger partial charge in [0.15, 0.2) is 0 Å². The second-order valence-corrected chi connectivity index (χ2v) is 58.8. The van der Waals surface area contributed by atoms with Gasteiger partial charge in [-0.3, -0.25) is 0 Å². The smallest absolute Gasteiger partial charge is 2.00 e. The number of hydrogen-bond donors (Lipinski definition) is 0. The summed E-state index contributed by atoms with van der Waals surface area (Å²) in [5, 5.41) is 0. The van der Waals surface area contributed by atoms with Gasteiger partial charge in [0.05, 0.1) is 0 Å². The molecular formula is C32H88N4O2SSi8Y2. The fourth-order valence-corrected chi connectivity index (χ4v) is 37.2. The summed E-state index contributed by atoms with van der Waals surface area (Å²) in [7, 11) is -8.85. The van der Waals surface area contributed by atoms with E-state index in [0.717, 1.165) is 26.4 Å². The first-order chi connectivity index (χ1) is 19.8. The molecule has 17 heteroatoms. The van der Waals surface area contributed by atoms with Crippen molar-refractivity contribution in [1.29, 1.82) is 0 Å². The van der Waals surface area contributed by atoms with Crippen LogP contribution in [0.1, 0.15) is 25.7 Å². The van der Waals surface area contributed by atoms with Crippen molar-refractivity contribution in [1.82, 2.24) is 0 Å². The van der Waals surface area contributed by atoms with Gasteiger partial charge in [-0.05, 0) is 25.7 Å². The molecule has 0 aliphatic carbocycles. The molecule has 0 spiro atoms. The third kappa shape index (κ3) is 90.1. The summed E-state index contributed by atoms with van der Waals surface area (Å²) in [4.78, 5) is 0. The molecule has 0 radical (unpaired) electrons. The molecule has 2 saturated heterocycles. The summed E-state index contributed by atoms with van der Waals surface area (Å²) >= 11 is 0. The van der Waals surface area contributed by atoms with Gasteiger partial charge in [-0.25, -0.2) is 0 Å². The van der Waals surface area contributed by atoms with Crippen molar-refractivity contribution in [2.24, 2.45) is 0 Å². The SMILES string of the molecule is C1CCOC1.C1CCOC1.C[Si](C)(C)[N-][Si](C)(C)C.C[Si](C)(C)[N-][Si](C)(C)C.C[Si](C)(C)[N-][Si](C)(C)C.C[Si](C)(C)[N-][Si](C)(C)C.[S-2].[Y+3].[Y+3]. The molecule has 49 heavy (non-hydrogen) atoms. The van der Waals surface area contributed by atoms with Crippen molar-refractivity contribution >= 4 is 79.4 Å². The summed E-state index contributed by atoms with van der Waals surface area (Å²) in [6, 6.07) is 0. The van der Waals surface area contributed by atoms with Crippen molar-refractivity contribution < 1.29 is 74.9 Å². The number of nitrogens with zero attached hydrogens (tertiary/aromatic N) is 4. The van der Waals surface area contributed by atoms with E-state index in [-0.39, 0.29) is 78.9 Å². The second kappa shape index (κ2) is 31.1. The molecule has 2 heterocycles. The summed E-state index contributed by atoms with van der Waals surface area (Å²) in [6.07, 6.45) is 5.11. The Morgan fingerprint density at radius 3 is 0.388 bits per heavy atom. The maximum absolute atomic E-state index is 4.94. The topological polar surface area (TPSA) is 74.9 Å². The Balaban J connectivity index is -0.0000000863. The van der Waals surface area contributed by atoms with E-state index in [0.29, 0.717) is 0 Å². The van der Waals surface area contributed by atoms with E-state index in [1.54, 1.807) is 0 Å². The third-order valence-electron chi connectivity index (χ3n) is 4.34. The molecule has 0 aromatic heterocycles. The van der Waals surface area contributed by atoms with Crippen molar-refractivity contribution in [2.45, 2.75) is 183 Å². The van der Waals surface area contributed by atoms with Crippen molar-refractivity contribution in [3.8, 4) is 0 Å². The van der Waals surface area contributed by atoms with Crippen LogP contribution in [0, 0.1) is 0 Å². The largest absolute Gasteiger partial charge is 3.00 e. The number of ether oxygens (including phenoxy) is 2. The standard InChI is InChI=1S/4C6H18NSi2.2C4H8O.S.2Y/c4*1-8(2,3)7-9(4,5)6;2*1-2-4-5-3-1;;;/h4*1-6H3;2*1-4H2;;;/q4*-1;;;-2;2*+3. The molecule has 0 amide bonds. The van der Waals surface area contributed by atoms with Gasteiger partial charge >= 0.3 is 65.4 Å². The van der Waals surface area contributed by atoms with Gasteiger partial charge in [0.2, 0.25) is 0 Å². The van der Waals surface area contributed by atoms with Gasteiger partial charge in [0.25, 0.3) is 0 Å². The molecule has 2 aliphatic heterocycles. The van der Waals surface area contributed by atoms with E-state index in [2.05, 4.69) is 157 Å². The molecular weight excluding hydrogens is 907 g/mol. The second-order valence-electron chi connectivity index (χ2n) is 20.5. The molecule has 0 bridgehead atoms. The fourth-order valence-electron chi connectivity index (χ4n) is 5.05. The molecule has 0 saturated carbocycles. The van der Waals surface area contributed by atoms with E-state index in [1.807, 2.05) is 0 Å². The molecule has 0 aromatic rings. The Hall–Kier alpha value is 4.05. The fraction of sp³-hybridized carbons (Fsp3) is 1.00. The van der Waals surface area contributed by atoms with Crippen LogP contribution in [-0.4, -0.2) is 92.3 Å². The normalized spacial score (nSPS) is 15.2. The van der Waals surface area contributed by atoms with E-state index < -0.39 is 65.9 Å². The number of rotatable bonds is 8. The Morgan fingerprint density at radius 1 is 0.265 bits per heavy atom. The molecule has 2 fully saturated rings. The molecule has 292 valence electrons. The predicted octanol–water partition coefficient (Wildman–Crippen LogP) is 13.7. The zero-order chi connectivity index (χ0) is 37.9. The minimum atomic E-state index is -1.11. The predicted molar refractivity (Wildman–Crippen MR) is 248 cm³/mol. The van der Waals surface area contributed by atoms with Crippen LogP contribution in [0.4, 0.5) is 0 Å². The Labute approximate surface area is 377 Å². The minimum Gasteiger partial charge on any atom is -2.00 e. The first-order valence-corrected chi connectivity index (χ1v) is 45.5. The van der Waals surface area contributed by atoms with Crippen LogP contribution in [0.2, 0.25) is 157 Å². The maximum Gasteiger partial charge on any atom is 3.00 e. The van der Waals surface area contributed by atoms with Crippen molar-refractivity contribution in [3.63, 3.8) is 0 Å². The minimum absolute atomic E-state index is 0. The Kier molecular flexibility index (Phi) is 43.0. The van der Waals surface area contributed by atoms with Crippen molar-refractivity contribution in [2.75, 3.05) is 26.4 Å². The molecule has 0 aromatic carbocycles. The van der Waals surface area contributed by atoms with Crippen LogP contribution in [0.5, 0.6) is 0 Å². The van der Waals surface area contributed by atoms with Gasteiger partial charge in [0.1, 0.15) is 0 Å². The van der Waals surface area contributed by atoms with Crippen LogP contribution < -0.4 is 0 Å². The van der Waals surface area contributed by atoms with E-state index in [4.69, 9.17) is 28.1 Å². The van der Waals surface area contributed by atoms with Crippen LogP contribution in [0.25, 0.3) is 18.6 Å². The van der Waals surface area contributed by atoms with Gasteiger partial charge in [-0.2, -0.15) is 0 Å². The molecule has 6 nitrogen and oxygen atoms in total. The van der Waals surface area contributed by atoms with Crippen LogP contribution in [0.15, 0.2) is 0 Å². The molecule has 0 unspecified atom stereocenters. The number of hydrogen-bond acceptors (Lipinski definition) is 2. The summed E-state index contributed by atoms with van der Waals surface area (Å²) < 4.78 is 29.2. The van der Waals surface area contributed by atoms with Crippen LogP contribution in [-0.2, 0) is 88.4 Å². The molecule has 0 N–H and O–H groups in total. The van der Waals surface area contributed by atoms with Gasteiger partial charge in [-0.1, -0.05) is 223 Å². The Morgan fingerprint density at radius 2 is 0.367 bits per heavy atom. The average Bonchev–Trinajstić information content (AvgIpc) is 3.37. The first kappa shape index (κ1) is 67.8. The van der Waals surface area contributed by atoms with Crippen molar-refractivity contribution in [3.05, 3.63) is 18.6 Å². The van der Waals surface area contributed by atoms with E-state index in [1.165, 1.54) is 25.7 Å². The zero-order valence-electron chi connectivity index (χ0n) is 37.8. The quantitative estimate of drug-likeness (QED) is 0.227. The van der Waals surface area contributed by atoms with E-state index >= 15 is 0 Å². The summed E-state index contributed by atoms with van der Waals surface area (Å²) in [5.74, 6) is 0. The molecule has 0 atom stereocenters. The Bertz CT molecular complexity index is 556. The molecule has 2 aliphatic rings. The summed E-state index contributed by atoms with van der Waals surface area (Å²) in [6.45, 7) is 59.1. The average molecular weight is 996 g/mol. The molecule has 2 rings (SSSR count). The monoisotopic (exact) mass is 994 g/mol. The zero-order valence-corrected chi connectivity index (χ0v) is 52.3. The maximum atomic E-state index is 4.94. The van der Waals surface area contributed by atoms with Gasteiger partial charge in [0, 0.05) is 26.4 Å². The van der Waals surface area contributed by atoms with Gasteiger partial charge in [-0.15, -0.1) is 0 Å². The van der Waals surface area contributed by atoms with Crippen LogP contribution >= 0.6 is 0 Å². The first-order valence-electron chi connectivity index (χ1n) is 17.9.